The summed E-state index contributed by atoms with van der Waals surface area (Å²) < 4.78 is 10.8. The molecule has 0 fully saturated rings. The Morgan fingerprint density at radius 3 is 2.53 bits per heavy atom. The number of amides is 1. The zero-order valence-corrected chi connectivity index (χ0v) is 18.2. The van der Waals surface area contributed by atoms with Gasteiger partial charge in [0.15, 0.2) is 0 Å². The lowest BCUT2D eigenvalue weighted by Crippen LogP contribution is -2.33. The van der Waals surface area contributed by atoms with E-state index in [1.807, 2.05) is 43.3 Å². The monoisotopic (exact) mass is 428 g/mol. The van der Waals surface area contributed by atoms with Crippen molar-refractivity contribution < 1.29 is 14.3 Å². The lowest BCUT2D eigenvalue weighted by molar-refractivity contribution is 0.0984. The van der Waals surface area contributed by atoms with E-state index in [-0.39, 0.29) is 18.0 Å². The van der Waals surface area contributed by atoms with Gasteiger partial charge in [0.2, 0.25) is 0 Å². The summed E-state index contributed by atoms with van der Waals surface area (Å²) in [7, 11) is 3.11. The van der Waals surface area contributed by atoms with E-state index >= 15 is 0 Å². The van der Waals surface area contributed by atoms with Gasteiger partial charge in [-0.3, -0.25) is 9.59 Å². The Morgan fingerprint density at radius 2 is 1.75 bits per heavy atom. The molecular formula is C26H24N2O4. The number of hydrogen-bond donors (Lipinski definition) is 1. The lowest BCUT2D eigenvalue weighted by Gasteiger charge is -2.25. The quantitative estimate of drug-likeness (QED) is 0.483. The molecule has 0 saturated heterocycles. The topological polar surface area (TPSA) is 71.6 Å². The Labute approximate surface area is 186 Å². The summed E-state index contributed by atoms with van der Waals surface area (Å²) in [6, 6.07) is 21.9. The third-order valence-electron chi connectivity index (χ3n) is 5.34. The Bertz CT molecular complexity index is 1340. The average Bonchev–Trinajstić information content (AvgIpc) is 2.82. The van der Waals surface area contributed by atoms with Gasteiger partial charge in [-0.25, -0.2) is 0 Å². The molecule has 0 atom stereocenters. The summed E-state index contributed by atoms with van der Waals surface area (Å²) in [4.78, 5) is 31.0. The first kappa shape index (κ1) is 21.2. The van der Waals surface area contributed by atoms with Crippen molar-refractivity contribution >= 4 is 22.5 Å². The number of anilines is 1. The molecule has 0 unspecified atom stereocenters. The number of nitrogens with one attached hydrogen (secondary N) is 1. The van der Waals surface area contributed by atoms with Gasteiger partial charge in [0.1, 0.15) is 11.5 Å². The van der Waals surface area contributed by atoms with Crippen LogP contribution in [0.5, 0.6) is 11.5 Å². The summed E-state index contributed by atoms with van der Waals surface area (Å²) in [5.41, 5.74) is 3.11. The van der Waals surface area contributed by atoms with E-state index in [4.69, 9.17) is 9.47 Å². The summed E-state index contributed by atoms with van der Waals surface area (Å²) >= 11 is 0. The van der Waals surface area contributed by atoms with Crippen LogP contribution in [-0.4, -0.2) is 25.1 Å². The van der Waals surface area contributed by atoms with Crippen LogP contribution in [0, 0.1) is 6.92 Å². The predicted molar refractivity (Wildman–Crippen MR) is 126 cm³/mol. The van der Waals surface area contributed by atoms with Crippen LogP contribution < -0.4 is 19.9 Å². The van der Waals surface area contributed by atoms with Gasteiger partial charge in [0.25, 0.3) is 11.5 Å². The molecule has 0 aliphatic heterocycles. The van der Waals surface area contributed by atoms with Gasteiger partial charge >= 0.3 is 0 Å². The van der Waals surface area contributed by atoms with E-state index in [1.165, 1.54) is 0 Å². The van der Waals surface area contributed by atoms with Crippen molar-refractivity contribution in [2.75, 3.05) is 19.1 Å². The van der Waals surface area contributed by atoms with Gasteiger partial charge in [-0.15, -0.1) is 0 Å². The molecule has 4 rings (SSSR count). The number of hydrogen-bond acceptors (Lipinski definition) is 4. The maximum absolute atomic E-state index is 13.6. The Balaban J connectivity index is 1.83. The highest BCUT2D eigenvalue weighted by molar-refractivity contribution is 6.07. The summed E-state index contributed by atoms with van der Waals surface area (Å²) in [6.45, 7) is 2.08. The van der Waals surface area contributed by atoms with Gasteiger partial charge in [0, 0.05) is 16.6 Å². The van der Waals surface area contributed by atoms with Gasteiger partial charge in [-0.05, 0) is 60.8 Å². The Kier molecular flexibility index (Phi) is 5.94. The molecule has 1 aromatic heterocycles. The first-order valence-electron chi connectivity index (χ1n) is 10.2. The third kappa shape index (κ3) is 4.21. The summed E-state index contributed by atoms with van der Waals surface area (Å²) in [5.74, 6) is 0.851. The zero-order chi connectivity index (χ0) is 22.7. The number of carbonyl (C=O) groups is 1. The Hall–Kier alpha value is -4.06. The van der Waals surface area contributed by atoms with Crippen LogP contribution in [0.15, 0.2) is 77.6 Å². The lowest BCUT2D eigenvalue weighted by atomic mass is 10.1. The molecular weight excluding hydrogens is 404 g/mol. The van der Waals surface area contributed by atoms with E-state index in [9.17, 15) is 9.59 Å². The molecule has 0 saturated carbocycles. The van der Waals surface area contributed by atoms with E-state index in [0.717, 1.165) is 16.5 Å². The molecule has 4 aromatic rings. The van der Waals surface area contributed by atoms with E-state index in [2.05, 4.69) is 4.98 Å². The molecule has 6 heteroatoms. The molecule has 1 N–H and O–H groups in total. The molecule has 162 valence electrons. The van der Waals surface area contributed by atoms with Crippen LogP contribution in [0.25, 0.3) is 10.9 Å². The smallest absolute Gasteiger partial charge is 0.258 e. The standard InChI is InChI=1S/C26H24N2O4/c1-17-11-12-22-19(13-17)14-20(25(29)27-22)16-28(23-9-4-5-10-24(23)32-3)26(30)18-7-6-8-21(15-18)31-2/h4-15H,16H2,1-3H3,(H,27,29). The number of pyridine rings is 1. The number of rotatable bonds is 6. The summed E-state index contributed by atoms with van der Waals surface area (Å²) in [5, 5.41) is 0.911. The van der Waals surface area contributed by atoms with Crippen molar-refractivity contribution in [3.63, 3.8) is 0 Å². The number of aromatic amines is 1. The molecule has 0 radical (unpaired) electrons. The van der Waals surface area contributed by atoms with Crippen molar-refractivity contribution in [3.05, 3.63) is 99.8 Å². The number of ether oxygens (including phenoxy) is 2. The molecule has 0 aliphatic rings. The fourth-order valence-corrected chi connectivity index (χ4v) is 3.69. The number of fused-ring (bicyclic) bond motifs is 1. The van der Waals surface area contributed by atoms with E-state index in [0.29, 0.717) is 28.3 Å². The molecule has 32 heavy (non-hydrogen) atoms. The van der Waals surface area contributed by atoms with Crippen molar-refractivity contribution in [1.29, 1.82) is 0 Å². The number of benzene rings is 3. The molecule has 0 bridgehead atoms. The van der Waals surface area contributed by atoms with Crippen molar-refractivity contribution in [1.82, 2.24) is 4.98 Å². The fourth-order valence-electron chi connectivity index (χ4n) is 3.69. The second-order valence-electron chi connectivity index (χ2n) is 7.51. The maximum Gasteiger partial charge on any atom is 0.258 e. The van der Waals surface area contributed by atoms with Gasteiger partial charge in [-0.1, -0.05) is 29.8 Å². The van der Waals surface area contributed by atoms with Crippen LogP contribution >= 0.6 is 0 Å². The average molecular weight is 428 g/mol. The normalized spacial score (nSPS) is 10.7. The minimum atomic E-state index is -0.267. The van der Waals surface area contributed by atoms with E-state index < -0.39 is 0 Å². The second-order valence-corrected chi connectivity index (χ2v) is 7.51. The van der Waals surface area contributed by atoms with Crippen LogP contribution in [-0.2, 0) is 6.54 Å². The second kappa shape index (κ2) is 8.98. The van der Waals surface area contributed by atoms with Crippen LogP contribution in [0.1, 0.15) is 21.5 Å². The zero-order valence-electron chi connectivity index (χ0n) is 18.2. The highest BCUT2D eigenvalue weighted by Gasteiger charge is 2.23. The van der Waals surface area contributed by atoms with E-state index in [1.54, 1.807) is 55.5 Å². The van der Waals surface area contributed by atoms with Crippen molar-refractivity contribution in [3.8, 4) is 11.5 Å². The largest absolute Gasteiger partial charge is 0.497 e. The fraction of sp³-hybridized carbons (Fsp3) is 0.154. The number of carbonyl (C=O) groups excluding carboxylic acids is 1. The first-order chi connectivity index (χ1) is 15.5. The SMILES string of the molecule is COc1cccc(C(=O)N(Cc2cc3cc(C)ccc3[nH]c2=O)c2ccccc2OC)c1. The minimum absolute atomic E-state index is 0.0790. The number of aromatic nitrogens is 1. The number of aryl methyl sites for hydroxylation is 1. The Morgan fingerprint density at radius 1 is 0.938 bits per heavy atom. The van der Waals surface area contributed by atoms with Gasteiger partial charge in [0.05, 0.1) is 26.5 Å². The minimum Gasteiger partial charge on any atom is -0.497 e. The molecule has 0 aliphatic carbocycles. The number of nitrogens with zero attached hydrogens (tertiary/aromatic N) is 1. The number of methoxy groups -OCH3 is 2. The molecule has 6 nitrogen and oxygen atoms in total. The van der Waals surface area contributed by atoms with Crippen molar-refractivity contribution in [2.45, 2.75) is 13.5 Å². The predicted octanol–water partition coefficient (Wildman–Crippen LogP) is 4.70. The summed E-state index contributed by atoms with van der Waals surface area (Å²) in [6.07, 6.45) is 0. The van der Waals surface area contributed by atoms with Gasteiger partial charge in [-0.2, -0.15) is 0 Å². The van der Waals surface area contributed by atoms with Crippen LogP contribution in [0.3, 0.4) is 0 Å². The van der Waals surface area contributed by atoms with Gasteiger partial charge < -0.3 is 19.4 Å². The maximum atomic E-state index is 13.6. The number of H-pyrrole nitrogens is 1. The number of para-hydroxylation sites is 2. The third-order valence-corrected chi connectivity index (χ3v) is 5.34. The molecule has 1 amide bonds. The van der Waals surface area contributed by atoms with Crippen molar-refractivity contribution in [2.24, 2.45) is 0 Å². The highest BCUT2D eigenvalue weighted by Crippen LogP contribution is 2.31. The first-order valence-corrected chi connectivity index (χ1v) is 10.2. The van der Waals surface area contributed by atoms with Crippen LogP contribution in [0.4, 0.5) is 5.69 Å². The highest BCUT2D eigenvalue weighted by atomic mass is 16.5. The molecule has 0 spiro atoms. The van der Waals surface area contributed by atoms with Crippen LogP contribution in [0.2, 0.25) is 0 Å². The molecule has 3 aromatic carbocycles. The molecule has 1 heterocycles.